The maximum absolute atomic E-state index is 12.5. The van der Waals surface area contributed by atoms with Gasteiger partial charge in [0, 0.05) is 25.6 Å². The number of urea groups is 1. The van der Waals surface area contributed by atoms with Crippen molar-refractivity contribution < 1.29 is 24.2 Å². The maximum atomic E-state index is 12.5. The van der Waals surface area contributed by atoms with Crippen LogP contribution in [0.1, 0.15) is 39.0 Å². The minimum atomic E-state index is -0.852. The lowest BCUT2D eigenvalue weighted by Gasteiger charge is -2.38. The molecule has 0 saturated carbocycles. The van der Waals surface area contributed by atoms with Crippen LogP contribution in [0.25, 0.3) is 0 Å². The molecule has 0 aromatic carbocycles. The molecule has 1 atom stereocenters. The molecular weight excluding hydrogens is 276 g/mol. The Balaban J connectivity index is 2.69. The van der Waals surface area contributed by atoms with E-state index in [1.807, 2.05) is 0 Å². The van der Waals surface area contributed by atoms with Gasteiger partial charge in [-0.2, -0.15) is 0 Å². The topological polar surface area (TPSA) is 87.2 Å². The van der Waals surface area contributed by atoms with Gasteiger partial charge in [0.05, 0.1) is 7.11 Å². The molecule has 0 radical (unpaired) electrons. The molecule has 0 bridgehead atoms. The lowest BCUT2D eigenvalue weighted by Crippen LogP contribution is -2.51. The number of rotatable bonds is 6. The van der Waals surface area contributed by atoms with E-state index in [1.54, 1.807) is 11.8 Å². The molecule has 21 heavy (non-hydrogen) atoms. The smallest absolute Gasteiger partial charge is 0.325 e. The van der Waals surface area contributed by atoms with Crippen LogP contribution in [-0.2, 0) is 14.3 Å². The summed E-state index contributed by atoms with van der Waals surface area (Å²) >= 11 is 0. The molecule has 1 unspecified atom stereocenters. The Morgan fingerprint density at radius 1 is 1.33 bits per heavy atom. The van der Waals surface area contributed by atoms with Crippen molar-refractivity contribution in [3.8, 4) is 0 Å². The van der Waals surface area contributed by atoms with Gasteiger partial charge in [0.15, 0.2) is 0 Å². The van der Waals surface area contributed by atoms with Crippen molar-refractivity contribution in [2.24, 2.45) is 0 Å². The predicted molar refractivity (Wildman–Crippen MR) is 75.9 cm³/mol. The first kappa shape index (κ1) is 17.3. The largest absolute Gasteiger partial charge is 0.481 e. The Bertz CT molecular complexity index is 386. The fraction of sp³-hybridized carbons (Fsp3) is 0.786. The molecule has 1 rings (SSSR count). The zero-order chi connectivity index (χ0) is 15.8. The Kier molecular flexibility index (Phi) is 6.98. The van der Waals surface area contributed by atoms with Crippen LogP contribution in [0.15, 0.2) is 0 Å². The number of piperidine rings is 1. The van der Waals surface area contributed by atoms with Crippen LogP contribution in [0, 0.1) is 0 Å². The summed E-state index contributed by atoms with van der Waals surface area (Å²) in [5.74, 6) is -1.31. The van der Waals surface area contributed by atoms with E-state index in [0.717, 1.165) is 19.3 Å². The molecule has 1 aliphatic rings. The predicted octanol–water partition coefficient (Wildman–Crippen LogP) is 1.32. The number of carbonyl (C=O) groups excluding carboxylic acids is 2. The Labute approximate surface area is 124 Å². The standard InChI is InChI=1S/C14H24N2O5/c1-3-15(10-13(19)21-2)14(20)16-9-5-4-6-11(16)7-8-12(17)18/h11H,3-10H2,1-2H3,(H,17,18). The van der Waals surface area contributed by atoms with Crippen LogP contribution in [0.3, 0.4) is 0 Å². The second-order valence-electron chi connectivity index (χ2n) is 5.15. The number of likely N-dealkylation sites (tertiary alicyclic amines) is 1. The summed E-state index contributed by atoms with van der Waals surface area (Å²) in [5.41, 5.74) is 0. The number of methoxy groups -OCH3 is 1. The van der Waals surface area contributed by atoms with Crippen LogP contribution in [-0.4, -0.2) is 65.7 Å². The van der Waals surface area contributed by atoms with E-state index in [4.69, 9.17) is 5.11 Å². The fourth-order valence-electron chi connectivity index (χ4n) is 2.56. The van der Waals surface area contributed by atoms with Gasteiger partial charge < -0.3 is 19.6 Å². The number of likely N-dealkylation sites (N-methyl/N-ethyl adjacent to an activating group) is 1. The molecule has 7 heteroatoms. The normalized spacial score (nSPS) is 18.2. The maximum Gasteiger partial charge on any atom is 0.325 e. The number of carboxylic acids is 1. The van der Waals surface area contributed by atoms with E-state index in [0.29, 0.717) is 19.5 Å². The van der Waals surface area contributed by atoms with Crippen molar-refractivity contribution in [3.05, 3.63) is 0 Å². The van der Waals surface area contributed by atoms with Gasteiger partial charge in [-0.3, -0.25) is 9.59 Å². The lowest BCUT2D eigenvalue weighted by molar-refractivity contribution is -0.141. The van der Waals surface area contributed by atoms with E-state index in [9.17, 15) is 14.4 Å². The number of nitrogens with zero attached hydrogens (tertiary/aromatic N) is 2. The van der Waals surface area contributed by atoms with Gasteiger partial charge in [-0.15, -0.1) is 0 Å². The molecule has 1 saturated heterocycles. The number of ether oxygens (including phenoxy) is 1. The van der Waals surface area contributed by atoms with E-state index < -0.39 is 11.9 Å². The Morgan fingerprint density at radius 3 is 2.62 bits per heavy atom. The quantitative estimate of drug-likeness (QED) is 0.748. The lowest BCUT2D eigenvalue weighted by atomic mass is 9.98. The van der Waals surface area contributed by atoms with Crippen molar-refractivity contribution in [3.63, 3.8) is 0 Å². The number of aliphatic carboxylic acids is 1. The highest BCUT2D eigenvalue weighted by atomic mass is 16.5. The van der Waals surface area contributed by atoms with Crippen LogP contribution in [0.2, 0.25) is 0 Å². The third kappa shape index (κ3) is 5.24. The van der Waals surface area contributed by atoms with Gasteiger partial charge in [-0.05, 0) is 32.6 Å². The number of hydrogen-bond donors (Lipinski definition) is 1. The molecule has 0 aromatic rings. The van der Waals surface area contributed by atoms with Gasteiger partial charge >= 0.3 is 18.0 Å². The summed E-state index contributed by atoms with van der Waals surface area (Å²) in [5, 5.41) is 8.80. The van der Waals surface area contributed by atoms with E-state index in [1.165, 1.54) is 12.0 Å². The summed E-state index contributed by atoms with van der Waals surface area (Å²) in [7, 11) is 1.29. The first-order valence-electron chi connectivity index (χ1n) is 7.33. The van der Waals surface area contributed by atoms with E-state index in [-0.39, 0.29) is 25.0 Å². The Morgan fingerprint density at radius 2 is 2.05 bits per heavy atom. The van der Waals surface area contributed by atoms with Crippen molar-refractivity contribution in [2.45, 2.75) is 45.1 Å². The van der Waals surface area contributed by atoms with Crippen molar-refractivity contribution in [2.75, 3.05) is 26.7 Å². The SMILES string of the molecule is CCN(CC(=O)OC)C(=O)N1CCCCC1CCC(=O)O. The number of amides is 2. The van der Waals surface area contributed by atoms with Gasteiger partial charge in [0.2, 0.25) is 0 Å². The van der Waals surface area contributed by atoms with Gasteiger partial charge in [0.25, 0.3) is 0 Å². The van der Waals surface area contributed by atoms with Crippen molar-refractivity contribution in [1.82, 2.24) is 9.80 Å². The van der Waals surface area contributed by atoms with Crippen LogP contribution in [0.5, 0.6) is 0 Å². The van der Waals surface area contributed by atoms with Gasteiger partial charge in [0.1, 0.15) is 6.54 Å². The summed E-state index contributed by atoms with van der Waals surface area (Å²) in [6.45, 7) is 2.75. The van der Waals surface area contributed by atoms with Crippen molar-refractivity contribution >= 4 is 18.0 Å². The zero-order valence-corrected chi connectivity index (χ0v) is 12.7. The third-order valence-corrected chi connectivity index (χ3v) is 3.76. The molecule has 7 nitrogen and oxygen atoms in total. The van der Waals surface area contributed by atoms with Gasteiger partial charge in [-0.1, -0.05) is 0 Å². The minimum Gasteiger partial charge on any atom is -0.481 e. The number of carbonyl (C=O) groups is 3. The third-order valence-electron chi connectivity index (χ3n) is 3.76. The molecular formula is C14H24N2O5. The molecule has 2 amide bonds. The molecule has 0 spiro atoms. The second kappa shape index (κ2) is 8.49. The summed E-state index contributed by atoms with van der Waals surface area (Å²) in [4.78, 5) is 37.7. The number of esters is 1. The summed E-state index contributed by atoms with van der Waals surface area (Å²) in [6.07, 6.45) is 3.23. The first-order chi connectivity index (χ1) is 9.99. The zero-order valence-electron chi connectivity index (χ0n) is 12.7. The Hall–Kier alpha value is -1.79. The molecule has 1 heterocycles. The highest BCUT2D eigenvalue weighted by Gasteiger charge is 2.30. The molecule has 1 fully saturated rings. The minimum absolute atomic E-state index is 0.0531. The number of carboxylic acid groups (broad SMARTS) is 1. The molecule has 120 valence electrons. The second-order valence-corrected chi connectivity index (χ2v) is 5.15. The molecule has 1 aliphatic heterocycles. The number of hydrogen-bond acceptors (Lipinski definition) is 4. The van der Waals surface area contributed by atoms with Crippen LogP contribution >= 0.6 is 0 Å². The van der Waals surface area contributed by atoms with Crippen LogP contribution in [0.4, 0.5) is 4.79 Å². The molecule has 0 aliphatic carbocycles. The molecule has 1 N–H and O–H groups in total. The summed E-state index contributed by atoms with van der Waals surface area (Å²) < 4.78 is 4.60. The fourth-order valence-corrected chi connectivity index (χ4v) is 2.56. The van der Waals surface area contributed by atoms with E-state index >= 15 is 0 Å². The summed E-state index contributed by atoms with van der Waals surface area (Å²) in [6, 6.07) is -0.271. The first-order valence-corrected chi connectivity index (χ1v) is 7.33. The van der Waals surface area contributed by atoms with Gasteiger partial charge in [-0.25, -0.2) is 4.79 Å². The van der Waals surface area contributed by atoms with Crippen molar-refractivity contribution in [1.29, 1.82) is 0 Å². The monoisotopic (exact) mass is 300 g/mol. The van der Waals surface area contributed by atoms with E-state index in [2.05, 4.69) is 4.74 Å². The van der Waals surface area contributed by atoms with Crippen LogP contribution < -0.4 is 0 Å². The molecule has 0 aromatic heterocycles. The highest BCUT2D eigenvalue weighted by molar-refractivity contribution is 5.81. The highest BCUT2D eigenvalue weighted by Crippen LogP contribution is 2.22. The average molecular weight is 300 g/mol. The average Bonchev–Trinajstić information content (AvgIpc) is 2.49.